The van der Waals surface area contributed by atoms with E-state index in [4.69, 9.17) is 5.73 Å². The summed E-state index contributed by atoms with van der Waals surface area (Å²) in [7, 11) is 1.87. The molecule has 6 heteroatoms. The number of aryl methyl sites for hydroxylation is 2. The monoisotopic (exact) mass is 206 g/mol. The van der Waals surface area contributed by atoms with Gasteiger partial charge in [0.15, 0.2) is 5.82 Å². The highest BCUT2D eigenvalue weighted by Gasteiger charge is 2.04. The van der Waals surface area contributed by atoms with Gasteiger partial charge in [-0.3, -0.25) is 4.68 Å². The van der Waals surface area contributed by atoms with E-state index >= 15 is 0 Å². The molecule has 2 aromatic rings. The van der Waals surface area contributed by atoms with Crippen LogP contribution in [0, 0.1) is 0 Å². The van der Waals surface area contributed by atoms with Crippen LogP contribution in [0.3, 0.4) is 0 Å². The van der Waals surface area contributed by atoms with Gasteiger partial charge in [0.1, 0.15) is 0 Å². The fraction of sp³-hybridized carbons (Fsp3) is 0.444. The topological polar surface area (TPSA) is 74.5 Å². The van der Waals surface area contributed by atoms with Gasteiger partial charge in [-0.15, -0.1) is 5.10 Å². The predicted octanol–water partition coefficient (Wildman–Crippen LogP) is -0.108. The van der Waals surface area contributed by atoms with Crippen LogP contribution in [0.1, 0.15) is 12.1 Å². The molecule has 6 nitrogen and oxygen atoms in total. The van der Waals surface area contributed by atoms with Crippen molar-refractivity contribution >= 4 is 0 Å². The number of aromatic nitrogens is 5. The summed E-state index contributed by atoms with van der Waals surface area (Å²) in [5.41, 5.74) is 6.38. The summed E-state index contributed by atoms with van der Waals surface area (Å²) in [5.74, 6) is 0.781. The Bertz CT molecular complexity index is 429. The van der Waals surface area contributed by atoms with Gasteiger partial charge in [0.25, 0.3) is 0 Å². The molecule has 0 aliphatic rings. The predicted molar refractivity (Wildman–Crippen MR) is 55.5 cm³/mol. The van der Waals surface area contributed by atoms with Crippen LogP contribution in [0.25, 0.3) is 5.82 Å². The smallest absolute Gasteiger partial charge is 0.176 e. The normalized spacial score (nSPS) is 10.8. The highest BCUT2D eigenvalue weighted by atomic mass is 15.5. The Hall–Kier alpha value is -1.69. The molecule has 0 bridgehead atoms. The summed E-state index contributed by atoms with van der Waals surface area (Å²) in [6.45, 7) is 0.677. The maximum Gasteiger partial charge on any atom is 0.176 e. The number of hydrogen-bond donors (Lipinski definition) is 1. The van der Waals surface area contributed by atoms with Crippen molar-refractivity contribution in [3.8, 4) is 5.82 Å². The van der Waals surface area contributed by atoms with E-state index in [0.717, 1.165) is 24.4 Å². The minimum absolute atomic E-state index is 0.677. The van der Waals surface area contributed by atoms with Crippen LogP contribution in [0.15, 0.2) is 18.5 Å². The zero-order valence-corrected chi connectivity index (χ0v) is 8.67. The second-order valence-electron chi connectivity index (χ2n) is 3.39. The SMILES string of the molecule is Cn1ccc(-n2cc(CCCN)nn2)n1. The lowest BCUT2D eigenvalue weighted by molar-refractivity contribution is 0.714. The van der Waals surface area contributed by atoms with E-state index in [-0.39, 0.29) is 0 Å². The first-order valence-corrected chi connectivity index (χ1v) is 4.91. The lowest BCUT2D eigenvalue weighted by Crippen LogP contribution is -2.00. The zero-order chi connectivity index (χ0) is 10.7. The van der Waals surface area contributed by atoms with Gasteiger partial charge >= 0.3 is 0 Å². The van der Waals surface area contributed by atoms with Crippen molar-refractivity contribution in [3.63, 3.8) is 0 Å². The summed E-state index contributed by atoms with van der Waals surface area (Å²) in [6.07, 6.45) is 5.55. The van der Waals surface area contributed by atoms with E-state index in [1.54, 1.807) is 9.36 Å². The molecule has 0 atom stereocenters. The Morgan fingerprint density at radius 1 is 1.47 bits per heavy atom. The second kappa shape index (κ2) is 4.22. The van der Waals surface area contributed by atoms with Crippen molar-refractivity contribution in [3.05, 3.63) is 24.2 Å². The maximum atomic E-state index is 5.43. The quantitative estimate of drug-likeness (QED) is 0.757. The second-order valence-corrected chi connectivity index (χ2v) is 3.39. The Morgan fingerprint density at radius 3 is 3.00 bits per heavy atom. The number of nitrogens with two attached hydrogens (primary N) is 1. The largest absolute Gasteiger partial charge is 0.330 e. The molecule has 2 heterocycles. The lowest BCUT2D eigenvalue weighted by Gasteiger charge is -1.92. The van der Waals surface area contributed by atoms with Crippen LogP contribution in [0.5, 0.6) is 0 Å². The summed E-state index contributed by atoms with van der Waals surface area (Å²) in [6, 6.07) is 1.89. The third kappa shape index (κ3) is 2.21. The van der Waals surface area contributed by atoms with Gasteiger partial charge in [0.05, 0.1) is 11.9 Å². The van der Waals surface area contributed by atoms with Gasteiger partial charge in [0.2, 0.25) is 0 Å². The number of nitrogens with zero attached hydrogens (tertiary/aromatic N) is 5. The summed E-state index contributed by atoms with van der Waals surface area (Å²) in [5, 5.41) is 12.3. The van der Waals surface area contributed by atoms with Gasteiger partial charge in [0, 0.05) is 19.3 Å². The van der Waals surface area contributed by atoms with Crippen LogP contribution in [-0.4, -0.2) is 31.3 Å². The molecule has 80 valence electrons. The molecule has 0 saturated carbocycles. The average Bonchev–Trinajstić information content (AvgIpc) is 2.83. The van der Waals surface area contributed by atoms with E-state index in [1.807, 2.05) is 25.5 Å². The van der Waals surface area contributed by atoms with Crippen molar-refractivity contribution in [1.82, 2.24) is 24.8 Å². The van der Waals surface area contributed by atoms with Gasteiger partial charge in [-0.1, -0.05) is 5.21 Å². The highest BCUT2D eigenvalue weighted by Crippen LogP contribution is 2.04. The minimum Gasteiger partial charge on any atom is -0.330 e. The van der Waals surface area contributed by atoms with Crippen LogP contribution in [-0.2, 0) is 13.5 Å². The van der Waals surface area contributed by atoms with Gasteiger partial charge < -0.3 is 5.73 Å². The van der Waals surface area contributed by atoms with Gasteiger partial charge in [-0.05, 0) is 19.4 Å². The molecule has 0 aliphatic heterocycles. The third-order valence-electron chi connectivity index (χ3n) is 2.11. The molecule has 0 aliphatic carbocycles. The van der Waals surface area contributed by atoms with Crippen LogP contribution >= 0.6 is 0 Å². The Labute approximate surface area is 87.7 Å². The van der Waals surface area contributed by atoms with E-state index in [0.29, 0.717) is 6.54 Å². The molecule has 0 amide bonds. The van der Waals surface area contributed by atoms with Crippen molar-refractivity contribution in [2.75, 3.05) is 6.54 Å². The van der Waals surface area contributed by atoms with Crippen LogP contribution in [0.4, 0.5) is 0 Å². The average molecular weight is 206 g/mol. The molecule has 2 aromatic heterocycles. The van der Waals surface area contributed by atoms with Crippen molar-refractivity contribution in [2.45, 2.75) is 12.8 Å². The van der Waals surface area contributed by atoms with Crippen molar-refractivity contribution < 1.29 is 0 Å². The van der Waals surface area contributed by atoms with Crippen LogP contribution < -0.4 is 5.73 Å². The highest BCUT2D eigenvalue weighted by molar-refractivity contribution is 5.18. The molecular formula is C9H14N6. The van der Waals surface area contributed by atoms with Crippen LogP contribution in [0.2, 0.25) is 0 Å². The molecule has 0 unspecified atom stereocenters. The van der Waals surface area contributed by atoms with E-state index in [2.05, 4.69) is 15.4 Å². The molecule has 0 fully saturated rings. The first-order valence-electron chi connectivity index (χ1n) is 4.91. The van der Waals surface area contributed by atoms with Crippen molar-refractivity contribution in [2.24, 2.45) is 12.8 Å². The molecule has 2 rings (SSSR count). The molecule has 0 spiro atoms. The molecule has 0 radical (unpaired) electrons. The Kier molecular flexibility index (Phi) is 2.77. The first kappa shape index (κ1) is 9.85. The van der Waals surface area contributed by atoms with Crippen molar-refractivity contribution in [1.29, 1.82) is 0 Å². The number of hydrogen-bond acceptors (Lipinski definition) is 4. The van der Waals surface area contributed by atoms with E-state index < -0.39 is 0 Å². The fourth-order valence-electron chi connectivity index (χ4n) is 1.33. The third-order valence-corrected chi connectivity index (χ3v) is 2.11. The maximum absolute atomic E-state index is 5.43. The first-order chi connectivity index (χ1) is 7.29. The zero-order valence-electron chi connectivity index (χ0n) is 8.67. The number of rotatable bonds is 4. The summed E-state index contributed by atoms with van der Waals surface area (Å²) >= 11 is 0. The molecule has 2 N–H and O–H groups in total. The Balaban J connectivity index is 2.13. The standard InChI is InChI=1S/C9H14N6/c1-14-6-4-9(12-14)15-7-8(11-13-15)3-2-5-10/h4,6-7H,2-3,5,10H2,1H3. The van der Waals surface area contributed by atoms with E-state index in [1.165, 1.54) is 0 Å². The van der Waals surface area contributed by atoms with Gasteiger partial charge in [-0.2, -0.15) is 5.10 Å². The lowest BCUT2D eigenvalue weighted by atomic mass is 10.2. The van der Waals surface area contributed by atoms with E-state index in [9.17, 15) is 0 Å². The molecular weight excluding hydrogens is 192 g/mol. The summed E-state index contributed by atoms with van der Waals surface area (Å²) in [4.78, 5) is 0. The van der Waals surface area contributed by atoms with Gasteiger partial charge in [-0.25, -0.2) is 4.68 Å². The molecule has 0 aromatic carbocycles. The summed E-state index contributed by atoms with van der Waals surface area (Å²) < 4.78 is 3.41. The molecule has 15 heavy (non-hydrogen) atoms. The molecule has 0 saturated heterocycles. The Morgan fingerprint density at radius 2 is 2.33 bits per heavy atom. The minimum atomic E-state index is 0.677. The fourth-order valence-corrected chi connectivity index (χ4v) is 1.33.